The van der Waals surface area contributed by atoms with Crippen LogP contribution in [-0.2, 0) is 11.3 Å². The summed E-state index contributed by atoms with van der Waals surface area (Å²) in [6.45, 7) is 0.954. The van der Waals surface area contributed by atoms with Crippen LogP contribution in [0.2, 0.25) is 0 Å². The highest BCUT2D eigenvalue weighted by Gasteiger charge is 2.44. The number of amides is 1. The molecule has 1 aliphatic heterocycles. The fraction of sp³-hybridized carbons (Fsp3) is 0.381. The van der Waals surface area contributed by atoms with E-state index in [1.807, 2.05) is 17.0 Å². The summed E-state index contributed by atoms with van der Waals surface area (Å²) in [5.41, 5.74) is 2.27. The first-order chi connectivity index (χ1) is 12.2. The van der Waals surface area contributed by atoms with E-state index in [9.17, 15) is 9.90 Å². The molecular weight excluding hydrogens is 312 g/mol. The van der Waals surface area contributed by atoms with Gasteiger partial charge < -0.3 is 14.6 Å². The highest BCUT2D eigenvalue weighted by atomic mass is 16.3. The fourth-order valence-electron chi connectivity index (χ4n) is 4.81. The molecule has 5 rings (SSSR count). The second kappa shape index (κ2) is 5.60. The smallest absolute Gasteiger partial charge is 0.226 e. The van der Waals surface area contributed by atoms with Gasteiger partial charge in [0.1, 0.15) is 0 Å². The zero-order chi connectivity index (χ0) is 17.0. The van der Waals surface area contributed by atoms with Crippen molar-refractivity contribution < 1.29 is 9.90 Å². The van der Waals surface area contributed by atoms with E-state index in [1.54, 1.807) is 0 Å². The molecule has 2 bridgehead atoms. The normalized spacial score (nSPS) is 23.9. The van der Waals surface area contributed by atoms with Crippen LogP contribution in [0.1, 0.15) is 19.3 Å². The number of benzene rings is 2. The van der Waals surface area contributed by atoms with Crippen molar-refractivity contribution in [2.45, 2.75) is 38.0 Å². The summed E-state index contributed by atoms with van der Waals surface area (Å²) < 4.78 is 2.19. The van der Waals surface area contributed by atoms with Gasteiger partial charge >= 0.3 is 0 Å². The lowest BCUT2D eigenvalue weighted by molar-refractivity contribution is -0.135. The number of rotatable bonds is 4. The molecule has 0 spiro atoms. The van der Waals surface area contributed by atoms with Crippen LogP contribution in [0.25, 0.3) is 21.8 Å². The molecule has 1 saturated heterocycles. The second-order valence-corrected chi connectivity index (χ2v) is 7.45. The largest absolute Gasteiger partial charge is 0.389 e. The number of carbonyl (C=O) groups is 1. The molecule has 2 fully saturated rings. The maximum atomic E-state index is 12.3. The van der Waals surface area contributed by atoms with Crippen molar-refractivity contribution in [3.8, 4) is 0 Å². The van der Waals surface area contributed by atoms with Crippen LogP contribution in [-0.4, -0.2) is 39.2 Å². The Hall–Kier alpha value is -2.33. The zero-order valence-corrected chi connectivity index (χ0v) is 14.1. The van der Waals surface area contributed by atoms with Crippen LogP contribution in [0.3, 0.4) is 0 Å². The zero-order valence-electron chi connectivity index (χ0n) is 14.1. The third kappa shape index (κ3) is 2.28. The number of aliphatic hydroxyl groups is 1. The standard InChI is InChI=1S/C21H22N2O2/c24-16(12-22-15-10-9-14(11-15)21(22)25)13-23-19-7-3-1-5-17(19)18-6-2-4-8-20(18)23/h1-8,14-16,24H,9-13H2/t14-,15+,16?/m0/s1. The lowest BCUT2D eigenvalue weighted by Gasteiger charge is -2.29. The molecule has 2 aliphatic rings. The lowest BCUT2D eigenvalue weighted by atomic mass is 10.1. The Morgan fingerprint density at radius 1 is 0.960 bits per heavy atom. The fourth-order valence-corrected chi connectivity index (χ4v) is 4.81. The van der Waals surface area contributed by atoms with Crippen LogP contribution in [0.15, 0.2) is 48.5 Å². The molecule has 1 saturated carbocycles. The van der Waals surface area contributed by atoms with Gasteiger partial charge in [0, 0.05) is 40.3 Å². The van der Waals surface area contributed by atoms with Gasteiger partial charge in [-0.25, -0.2) is 0 Å². The molecule has 1 aromatic heterocycles. The van der Waals surface area contributed by atoms with Crippen LogP contribution in [0.4, 0.5) is 0 Å². The van der Waals surface area contributed by atoms with E-state index in [-0.39, 0.29) is 11.8 Å². The molecule has 3 aromatic rings. The summed E-state index contributed by atoms with van der Waals surface area (Å²) in [5.74, 6) is 0.461. The average molecular weight is 334 g/mol. The maximum absolute atomic E-state index is 12.3. The van der Waals surface area contributed by atoms with Crippen molar-refractivity contribution in [3.63, 3.8) is 0 Å². The number of aliphatic hydroxyl groups excluding tert-OH is 1. The summed E-state index contributed by atoms with van der Waals surface area (Å²) in [4.78, 5) is 14.3. The molecule has 2 aromatic carbocycles. The predicted octanol–water partition coefficient (Wildman–Crippen LogP) is 3.17. The van der Waals surface area contributed by atoms with E-state index >= 15 is 0 Å². The highest BCUT2D eigenvalue weighted by Crippen LogP contribution is 2.38. The van der Waals surface area contributed by atoms with E-state index in [0.717, 1.165) is 30.3 Å². The van der Waals surface area contributed by atoms with Crippen molar-refractivity contribution in [1.82, 2.24) is 9.47 Å². The van der Waals surface area contributed by atoms with Crippen molar-refractivity contribution in [1.29, 1.82) is 0 Å². The first-order valence-electron chi connectivity index (χ1n) is 9.17. The van der Waals surface area contributed by atoms with Crippen LogP contribution < -0.4 is 0 Å². The molecule has 1 aliphatic carbocycles. The Morgan fingerprint density at radius 3 is 2.20 bits per heavy atom. The van der Waals surface area contributed by atoms with Gasteiger partial charge in [-0.15, -0.1) is 0 Å². The van der Waals surface area contributed by atoms with Gasteiger partial charge in [-0.1, -0.05) is 36.4 Å². The van der Waals surface area contributed by atoms with E-state index in [0.29, 0.717) is 19.1 Å². The summed E-state index contributed by atoms with van der Waals surface area (Å²) in [6.07, 6.45) is 2.56. The Balaban J connectivity index is 1.46. The minimum absolute atomic E-state index is 0.213. The van der Waals surface area contributed by atoms with Crippen molar-refractivity contribution in [2.75, 3.05) is 6.54 Å². The molecule has 1 unspecified atom stereocenters. The molecule has 3 atom stereocenters. The molecule has 1 N–H and O–H groups in total. The van der Waals surface area contributed by atoms with Crippen molar-refractivity contribution >= 4 is 27.7 Å². The number of β-amino-alcohol motifs (C(OH)–C–C–N with tert-alkyl or cyclic N) is 1. The van der Waals surface area contributed by atoms with E-state index in [2.05, 4.69) is 41.0 Å². The number of hydrogen-bond acceptors (Lipinski definition) is 2. The average Bonchev–Trinajstić information content (AvgIpc) is 3.31. The summed E-state index contributed by atoms with van der Waals surface area (Å²) >= 11 is 0. The lowest BCUT2D eigenvalue weighted by Crippen LogP contribution is -2.43. The van der Waals surface area contributed by atoms with Gasteiger partial charge in [0.2, 0.25) is 5.91 Å². The van der Waals surface area contributed by atoms with Gasteiger partial charge in [0.25, 0.3) is 0 Å². The van der Waals surface area contributed by atoms with Gasteiger partial charge in [-0.2, -0.15) is 0 Å². The third-order valence-corrected chi connectivity index (χ3v) is 5.96. The number of carbonyl (C=O) groups excluding carboxylic acids is 1. The van der Waals surface area contributed by atoms with Crippen LogP contribution in [0, 0.1) is 5.92 Å². The Labute approximate surface area is 146 Å². The van der Waals surface area contributed by atoms with Crippen molar-refractivity contribution in [3.05, 3.63) is 48.5 Å². The maximum Gasteiger partial charge on any atom is 0.226 e. The molecule has 128 valence electrons. The first-order valence-corrected chi connectivity index (χ1v) is 9.17. The van der Waals surface area contributed by atoms with Gasteiger partial charge in [-0.3, -0.25) is 4.79 Å². The Kier molecular flexibility index (Phi) is 3.35. The molecular formula is C21H22N2O2. The Morgan fingerprint density at radius 2 is 1.60 bits per heavy atom. The molecule has 25 heavy (non-hydrogen) atoms. The second-order valence-electron chi connectivity index (χ2n) is 7.45. The van der Waals surface area contributed by atoms with Crippen LogP contribution >= 0.6 is 0 Å². The Bertz CT molecular complexity index is 908. The minimum Gasteiger partial charge on any atom is -0.389 e. The minimum atomic E-state index is -0.553. The molecule has 4 heteroatoms. The summed E-state index contributed by atoms with van der Waals surface area (Å²) in [5, 5.41) is 13.2. The van der Waals surface area contributed by atoms with Crippen LogP contribution in [0.5, 0.6) is 0 Å². The number of fused-ring (bicyclic) bond motifs is 5. The first kappa shape index (κ1) is 15.0. The number of likely N-dealkylation sites (tertiary alicyclic amines) is 1. The number of nitrogens with zero attached hydrogens (tertiary/aromatic N) is 2. The van der Waals surface area contributed by atoms with Crippen molar-refractivity contribution in [2.24, 2.45) is 5.92 Å². The SMILES string of the molecule is O=C1[C@H]2CC[C@H](C2)N1CC(O)Cn1c2ccccc2c2ccccc21. The quantitative estimate of drug-likeness (QED) is 0.796. The van der Waals surface area contributed by atoms with Gasteiger partial charge in [0.05, 0.1) is 12.6 Å². The third-order valence-electron chi connectivity index (χ3n) is 5.96. The summed E-state index contributed by atoms with van der Waals surface area (Å²) in [6, 6.07) is 17.0. The number of aromatic nitrogens is 1. The highest BCUT2D eigenvalue weighted by molar-refractivity contribution is 6.07. The topological polar surface area (TPSA) is 45.5 Å². The number of piperidine rings is 1. The molecule has 1 amide bonds. The number of para-hydroxylation sites is 2. The summed E-state index contributed by atoms with van der Waals surface area (Å²) in [7, 11) is 0. The van der Waals surface area contributed by atoms with E-state index < -0.39 is 6.10 Å². The number of hydrogen-bond donors (Lipinski definition) is 1. The molecule has 0 radical (unpaired) electrons. The monoisotopic (exact) mass is 334 g/mol. The van der Waals surface area contributed by atoms with E-state index in [1.165, 1.54) is 10.8 Å². The van der Waals surface area contributed by atoms with Gasteiger partial charge in [-0.05, 0) is 31.4 Å². The van der Waals surface area contributed by atoms with Gasteiger partial charge in [0.15, 0.2) is 0 Å². The van der Waals surface area contributed by atoms with E-state index in [4.69, 9.17) is 0 Å². The predicted molar refractivity (Wildman–Crippen MR) is 98.3 cm³/mol. The molecule has 4 nitrogen and oxygen atoms in total. The molecule has 2 heterocycles.